The van der Waals surface area contributed by atoms with E-state index in [0.717, 1.165) is 28.8 Å². The van der Waals surface area contributed by atoms with E-state index in [2.05, 4.69) is 22.2 Å². The smallest absolute Gasteiger partial charge is 0.311 e. The summed E-state index contributed by atoms with van der Waals surface area (Å²) in [5.41, 5.74) is 3.90. The summed E-state index contributed by atoms with van der Waals surface area (Å²) >= 11 is 0. The van der Waals surface area contributed by atoms with Crippen molar-refractivity contribution in [1.29, 1.82) is 0 Å². The third kappa shape index (κ3) is 4.23. The zero-order valence-corrected chi connectivity index (χ0v) is 20.1. The molecule has 3 aromatic carbocycles. The molecule has 5 rings (SSSR count). The third-order valence-electron chi connectivity index (χ3n) is 6.67. The molecule has 0 saturated heterocycles. The fraction of sp³-hybridized carbons (Fsp3) is 0.231. The predicted octanol–water partition coefficient (Wildman–Crippen LogP) is 5.54. The number of nitrogens with zero attached hydrogens (tertiary/aromatic N) is 1. The molecule has 180 valence electrons. The molecule has 0 spiro atoms. The maximum absolute atomic E-state index is 13.1. The van der Waals surface area contributed by atoms with Gasteiger partial charge in [0, 0.05) is 23.4 Å². The van der Waals surface area contributed by atoms with Crippen LogP contribution in [-0.4, -0.2) is 20.5 Å². The highest BCUT2D eigenvalue weighted by Crippen LogP contribution is 2.50. The van der Waals surface area contributed by atoms with Crippen LogP contribution in [0.5, 0.6) is 5.75 Å². The van der Waals surface area contributed by atoms with Gasteiger partial charge in [0.2, 0.25) is 0 Å². The first-order valence-electron chi connectivity index (χ1n) is 11.3. The molecular formula is C26H25N3O5S. The standard InChI is InChI=1S/C26H25N3O5S/c1-16-5-3-6-18(13-16)28-35(32,33)19-10-11-23-22(15-19)20-7-4-8-21(20)26(27-23)17-9-12-25(34-2)24(14-17)29(30)31/h3-7,9-15,20-21,26-28H,8H2,1-2H3/t20-,21+,26+/m0/s1. The first-order chi connectivity index (χ1) is 16.8. The number of nitrogens with one attached hydrogen (secondary N) is 2. The van der Waals surface area contributed by atoms with E-state index in [1.165, 1.54) is 7.11 Å². The van der Waals surface area contributed by atoms with Gasteiger partial charge in [-0.15, -0.1) is 0 Å². The Morgan fingerprint density at radius 2 is 1.94 bits per heavy atom. The van der Waals surface area contributed by atoms with Crippen LogP contribution in [-0.2, 0) is 10.0 Å². The number of fused-ring (bicyclic) bond motifs is 3. The Bertz CT molecular complexity index is 1450. The van der Waals surface area contributed by atoms with Crippen LogP contribution in [0, 0.1) is 23.0 Å². The molecule has 1 aliphatic heterocycles. The summed E-state index contributed by atoms with van der Waals surface area (Å²) in [5, 5.41) is 15.1. The van der Waals surface area contributed by atoms with E-state index < -0.39 is 14.9 Å². The zero-order valence-electron chi connectivity index (χ0n) is 19.3. The summed E-state index contributed by atoms with van der Waals surface area (Å²) in [6.45, 7) is 1.91. The van der Waals surface area contributed by atoms with Crippen molar-refractivity contribution < 1.29 is 18.1 Å². The van der Waals surface area contributed by atoms with Crippen molar-refractivity contribution >= 4 is 27.1 Å². The molecule has 0 unspecified atom stereocenters. The Kier molecular flexibility index (Phi) is 5.72. The minimum Gasteiger partial charge on any atom is -0.490 e. The molecule has 0 bridgehead atoms. The second-order valence-corrected chi connectivity index (χ2v) is 10.6. The van der Waals surface area contributed by atoms with E-state index in [9.17, 15) is 18.5 Å². The first kappa shape index (κ1) is 22.9. The Balaban J connectivity index is 1.49. The maximum Gasteiger partial charge on any atom is 0.311 e. The van der Waals surface area contributed by atoms with Crippen LogP contribution in [0.25, 0.3) is 0 Å². The molecule has 2 aliphatic rings. The highest BCUT2D eigenvalue weighted by molar-refractivity contribution is 7.92. The molecule has 35 heavy (non-hydrogen) atoms. The Morgan fingerprint density at radius 3 is 2.69 bits per heavy atom. The number of nitro benzene ring substituents is 1. The minimum atomic E-state index is -3.77. The van der Waals surface area contributed by atoms with Gasteiger partial charge in [-0.3, -0.25) is 14.8 Å². The van der Waals surface area contributed by atoms with E-state index in [1.54, 1.807) is 42.5 Å². The Hall–Kier alpha value is -3.85. The van der Waals surface area contributed by atoms with Gasteiger partial charge in [-0.1, -0.05) is 30.4 Å². The quantitative estimate of drug-likeness (QED) is 0.266. The highest BCUT2D eigenvalue weighted by Gasteiger charge is 2.39. The Morgan fingerprint density at radius 1 is 1.11 bits per heavy atom. The summed E-state index contributed by atoms with van der Waals surface area (Å²) in [5.74, 6) is 0.303. The third-order valence-corrected chi connectivity index (χ3v) is 8.05. The largest absolute Gasteiger partial charge is 0.490 e. The molecule has 3 aromatic rings. The van der Waals surface area contributed by atoms with Crippen LogP contribution in [0.4, 0.5) is 17.1 Å². The van der Waals surface area contributed by atoms with Gasteiger partial charge >= 0.3 is 5.69 Å². The zero-order chi connectivity index (χ0) is 24.7. The monoisotopic (exact) mass is 491 g/mol. The molecule has 0 aromatic heterocycles. The van der Waals surface area contributed by atoms with Crippen LogP contribution < -0.4 is 14.8 Å². The number of sulfonamides is 1. The minimum absolute atomic E-state index is 0.00784. The van der Waals surface area contributed by atoms with Crippen molar-refractivity contribution in [3.63, 3.8) is 0 Å². The van der Waals surface area contributed by atoms with Crippen LogP contribution in [0.2, 0.25) is 0 Å². The summed E-state index contributed by atoms with van der Waals surface area (Å²) in [6, 6.07) is 17.1. The molecule has 3 atom stereocenters. The topological polar surface area (TPSA) is 111 Å². The molecule has 0 amide bonds. The number of allylic oxidation sites excluding steroid dienone is 2. The van der Waals surface area contributed by atoms with E-state index in [-0.39, 0.29) is 34.2 Å². The SMILES string of the molecule is COc1ccc([C@H]2Nc3ccc(S(=O)(=O)Nc4cccc(C)c4)cc3[C@H]3C=CC[C@H]32)cc1[N+](=O)[O-]. The number of methoxy groups -OCH3 is 1. The molecular weight excluding hydrogens is 466 g/mol. The second kappa shape index (κ2) is 8.74. The Labute approximate surface area is 203 Å². The predicted molar refractivity (Wildman–Crippen MR) is 134 cm³/mol. The molecule has 1 heterocycles. The van der Waals surface area contributed by atoms with Crippen LogP contribution in [0.1, 0.15) is 35.1 Å². The molecule has 9 heteroatoms. The van der Waals surface area contributed by atoms with Crippen molar-refractivity contribution in [2.24, 2.45) is 5.92 Å². The lowest BCUT2D eigenvalue weighted by Crippen LogP contribution is -2.29. The van der Waals surface area contributed by atoms with Gasteiger partial charge in [0.15, 0.2) is 5.75 Å². The summed E-state index contributed by atoms with van der Waals surface area (Å²) in [6.07, 6.45) is 4.96. The number of anilines is 2. The molecule has 1 aliphatic carbocycles. The van der Waals surface area contributed by atoms with Crippen LogP contribution in [0.15, 0.2) is 77.7 Å². The van der Waals surface area contributed by atoms with Gasteiger partial charge < -0.3 is 10.1 Å². The van der Waals surface area contributed by atoms with Crippen molar-refractivity contribution in [3.8, 4) is 5.75 Å². The summed E-state index contributed by atoms with van der Waals surface area (Å²) in [4.78, 5) is 11.3. The first-order valence-corrected chi connectivity index (χ1v) is 12.7. The van der Waals surface area contributed by atoms with Gasteiger partial charge in [-0.05, 0) is 72.4 Å². The van der Waals surface area contributed by atoms with Gasteiger partial charge in [0.25, 0.3) is 10.0 Å². The number of ether oxygens (including phenoxy) is 1. The average Bonchev–Trinajstić information content (AvgIpc) is 3.33. The van der Waals surface area contributed by atoms with E-state index in [0.29, 0.717) is 5.69 Å². The average molecular weight is 492 g/mol. The van der Waals surface area contributed by atoms with Crippen molar-refractivity contribution in [2.75, 3.05) is 17.1 Å². The number of benzene rings is 3. The van der Waals surface area contributed by atoms with Crippen molar-refractivity contribution in [2.45, 2.75) is 30.2 Å². The normalized spacial score (nSPS) is 20.5. The van der Waals surface area contributed by atoms with E-state index in [1.807, 2.05) is 25.1 Å². The van der Waals surface area contributed by atoms with Gasteiger partial charge in [-0.25, -0.2) is 8.42 Å². The van der Waals surface area contributed by atoms with E-state index in [4.69, 9.17) is 4.74 Å². The fourth-order valence-electron chi connectivity index (χ4n) is 5.04. The van der Waals surface area contributed by atoms with Crippen LogP contribution in [0.3, 0.4) is 0 Å². The molecule has 0 radical (unpaired) electrons. The van der Waals surface area contributed by atoms with Crippen molar-refractivity contribution in [3.05, 3.63) is 99.6 Å². The van der Waals surface area contributed by atoms with E-state index >= 15 is 0 Å². The lowest BCUT2D eigenvalue weighted by atomic mass is 9.77. The number of aryl methyl sites for hydroxylation is 1. The van der Waals surface area contributed by atoms with Gasteiger partial charge in [0.1, 0.15) is 0 Å². The fourth-order valence-corrected chi connectivity index (χ4v) is 6.12. The van der Waals surface area contributed by atoms with Gasteiger partial charge in [-0.2, -0.15) is 0 Å². The molecule has 0 saturated carbocycles. The number of nitro groups is 1. The number of hydrogen-bond acceptors (Lipinski definition) is 6. The number of hydrogen-bond donors (Lipinski definition) is 2. The van der Waals surface area contributed by atoms with Gasteiger partial charge in [0.05, 0.1) is 23.0 Å². The molecule has 0 fully saturated rings. The molecule has 2 N–H and O–H groups in total. The highest BCUT2D eigenvalue weighted by atomic mass is 32.2. The number of rotatable bonds is 6. The lowest BCUT2D eigenvalue weighted by Gasteiger charge is -2.37. The molecule has 8 nitrogen and oxygen atoms in total. The van der Waals surface area contributed by atoms with Crippen molar-refractivity contribution in [1.82, 2.24) is 0 Å². The summed E-state index contributed by atoms with van der Waals surface area (Å²) in [7, 11) is -2.36. The summed E-state index contributed by atoms with van der Waals surface area (Å²) < 4.78 is 34.0. The second-order valence-electron chi connectivity index (χ2n) is 8.89. The lowest BCUT2D eigenvalue weighted by molar-refractivity contribution is -0.385. The van der Waals surface area contributed by atoms with Crippen LogP contribution >= 0.6 is 0 Å². The maximum atomic E-state index is 13.1.